The van der Waals surface area contributed by atoms with Crippen molar-refractivity contribution in [2.45, 2.75) is 25.8 Å². The van der Waals surface area contributed by atoms with Crippen molar-refractivity contribution in [2.75, 3.05) is 13.7 Å². The number of nitrogens with zero attached hydrogens (tertiary/aromatic N) is 1. The molecule has 0 amide bonds. The number of hydrogen-bond donors (Lipinski definition) is 2. The number of nitrogens with two attached hydrogens (primary N) is 1. The van der Waals surface area contributed by atoms with Gasteiger partial charge in [0.05, 0.1) is 13.7 Å². The first-order valence-electron chi connectivity index (χ1n) is 6.44. The van der Waals surface area contributed by atoms with Crippen LogP contribution in [0.4, 0.5) is 0 Å². The largest absolute Gasteiger partial charge is 0.497 e. The van der Waals surface area contributed by atoms with E-state index in [-0.39, 0.29) is 0 Å². The zero-order valence-corrected chi connectivity index (χ0v) is 10.9. The van der Waals surface area contributed by atoms with E-state index >= 15 is 0 Å². The first-order valence-corrected chi connectivity index (χ1v) is 6.44. The summed E-state index contributed by atoms with van der Waals surface area (Å²) in [5.74, 6) is 2.17. The number of guanidine groups is 1. The minimum Gasteiger partial charge on any atom is -0.497 e. The molecule has 1 aromatic carbocycles. The van der Waals surface area contributed by atoms with Crippen molar-refractivity contribution in [1.29, 1.82) is 0 Å². The lowest BCUT2D eigenvalue weighted by atomic mass is 9.85. The van der Waals surface area contributed by atoms with Gasteiger partial charge in [-0.15, -0.1) is 0 Å². The van der Waals surface area contributed by atoms with Crippen molar-refractivity contribution in [3.05, 3.63) is 29.8 Å². The number of methoxy groups -OCH3 is 1. The Morgan fingerprint density at radius 2 is 2.33 bits per heavy atom. The van der Waals surface area contributed by atoms with Crippen LogP contribution >= 0.6 is 0 Å². The van der Waals surface area contributed by atoms with Gasteiger partial charge in [0, 0.05) is 6.54 Å². The summed E-state index contributed by atoms with van der Waals surface area (Å²) in [4.78, 5) is 4.33. The molecule has 0 aromatic heterocycles. The Kier molecular flexibility index (Phi) is 4.45. The molecule has 18 heavy (non-hydrogen) atoms. The number of ether oxygens (including phenoxy) is 1. The van der Waals surface area contributed by atoms with Gasteiger partial charge in [-0.2, -0.15) is 0 Å². The molecule has 1 fully saturated rings. The van der Waals surface area contributed by atoms with Crippen LogP contribution in [-0.2, 0) is 6.54 Å². The first kappa shape index (κ1) is 12.7. The molecule has 0 spiro atoms. The van der Waals surface area contributed by atoms with E-state index in [1.54, 1.807) is 7.11 Å². The fraction of sp³-hybridized carbons (Fsp3) is 0.500. The number of nitrogens with one attached hydrogen (secondary N) is 1. The summed E-state index contributed by atoms with van der Waals surface area (Å²) in [5, 5.41) is 3.18. The van der Waals surface area contributed by atoms with E-state index in [9.17, 15) is 0 Å². The Labute approximate surface area is 108 Å². The van der Waals surface area contributed by atoms with Crippen LogP contribution in [0, 0.1) is 5.92 Å². The smallest absolute Gasteiger partial charge is 0.188 e. The average molecular weight is 247 g/mol. The quantitative estimate of drug-likeness (QED) is 0.617. The predicted octanol–water partition coefficient (Wildman–Crippen LogP) is 1.90. The lowest BCUT2D eigenvalue weighted by molar-refractivity contribution is 0.315. The Morgan fingerprint density at radius 3 is 3.00 bits per heavy atom. The van der Waals surface area contributed by atoms with Crippen LogP contribution in [0.15, 0.2) is 29.3 Å². The highest BCUT2D eigenvalue weighted by molar-refractivity contribution is 5.77. The van der Waals surface area contributed by atoms with Crippen LogP contribution in [0.25, 0.3) is 0 Å². The van der Waals surface area contributed by atoms with E-state index in [4.69, 9.17) is 10.5 Å². The maximum atomic E-state index is 5.83. The molecular weight excluding hydrogens is 226 g/mol. The van der Waals surface area contributed by atoms with Gasteiger partial charge in [0.2, 0.25) is 0 Å². The van der Waals surface area contributed by atoms with Crippen LogP contribution in [-0.4, -0.2) is 19.6 Å². The van der Waals surface area contributed by atoms with E-state index in [2.05, 4.69) is 10.3 Å². The van der Waals surface area contributed by atoms with Gasteiger partial charge in [0.25, 0.3) is 0 Å². The van der Waals surface area contributed by atoms with E-state index < -0.39 is 0 Å². The zero-order valence-electron chi connectivity index (χ0n) is 10.9. The van der Waals surface area contributed by atoms with Crippen LogP contribution in [0.2, 0.25) is 0 Å². The van der Waals surface area contributed by atoms with E-state index in [0.717, 1.165) is 23.8 Å². The van der Waals surface area contributed by atoms with E-state index in [0.29, 0.717) is 12.5 Å². The molecule has 0 radical (unpaired) electrons. The second kappa shape index (κ2) is 6.28. The molecule has 0 heterocycles. The van der Waals surface area contributed by atoms with Gasteiger partial charge in [-0.1, -0.05) is 18.6 Å². The highest BCUT2D eigenvalue weighted by atomic mass is 16.5. The van der Waals surface area contributed by atoms with Gasteiger partial charge in [0.15, 0.2) is 5.96 Å². The van der Waals surface area contributed by atoms with Gasteiger partial charge in [-0.3, -0.25) is 0 Å². The normalized spacial score (nSPS) is 16.2. The minimum absolute atomic E-state index is 0.532. The highest BCUT2D eigenvalue weighted by Crippen LogP contribution is 2.24. The summed E-state index contributed by atoms with van der Waals surface area (Å²) in [7, 11) is 1.66. The summed E-state index contributed by atoms with van der Waals surface area (Å²) < 4.78 is 5.17. The zero-order chi connectivity index (χ0) is 12.8. The molecule has 0 aliphatic heterocycles. The van der Waals surface area contributed by atoms with Crippen molar-refractivity contribution in [3.63, 3.8) is 0 Å². The van der Waals surface area contributed by atoms with Crippen LogP contribution in [0.5, 0.6) is 5.75 Å². The molecule has 0 atom stereocenters. The number of hydrogen-bond acceptors (Lipinski definition) is 2. The Morgan fingerprint density at radius 1 is 1.50 bits per heavy atom. The molecular formula is C14H21N3O. The average Bonchev–Trinajstić information content (AvgIpc) is 2.35. The monoisotopic (exact) mass is 247 g/mol. The van der Waals surface area contributed by atoms with Crippen molar-refractivity contribution in [2.24, 2.45) is 16.6 Å². The molecule has 4 heteroatoms. The molecule has 3 N–H and O–H groups in total. The van der Waals surface area contributed by atoms with Crippen molar-refractivity contribution in [1.82, 2.24) is 5.32 Å². The summed E-state index contributed by atoms with van der Waals surface area (Å²) >= 11 is 0. The molecule has 1 aromatic rings. The topological polar surface area (TPSA) is 59.6 Å². The molecule has 0 saturated heterocycles. The van der Waals surface area contributed by atoms with Gasteiger partial charge in [-0.25, -0.2) is 4.99 Å². The summed E-state index contributed by atoms with van der Waals surface area (Å²) in [6.45, 7) is 1.54. The summed E-state index contributed by atoms with van der Waals surface area (Å²) in [5.41, 5.74) is 6.93. The van der Waals surface area contributed by atoms with Crippen LogP contribution in [0.1, 0.15) is 24.8 Å². The van der Waals surface area contributed by atoms with E-state index in [1.165, 1.54) is 19.3 Å². The molecule has 1 aliphatic carbocycles. The standard InChI is InChI=1S/C14H21N3O/c1-18-13-7-3-6-12(8-13)10-17-14(15)16-9-11-4-2-5-11/h3,6-8,11H,2,4-5,9-10H2,1H3,(H3,15,16,17). The number of rotatable bonds is 5. The maximum Gasteiger partial charge on any atom is 0.188 e. The van der Waals surface area contributed by atoms with Crippen molar-refractivity contribution >= 4 is 5.96 Å². The lowest BCUT2D eigenvalue weighted by Gasteiger charge is -2.25. The molecule has 1 aliphatic rings. The SMILES string of the molecule is COc1cccc(CN=C(N)NCC2CCC2)c1. The highest BCUT2D eigenvalue weighted by Gasteiger charge is 2.16. The molecule has 98 valence electrons. The first-order chi connectivity index (χ1) is 8.78. The molecule has 4 nitrogen and oxygen atoms in total. The van der Waals surface area contributed by atoms with Crippen molar-refractivity contribution in [3.8, 4) is 5.75 Å². The van der Waals surface area contributed by atoms with Crippen LogP contribution in [0.3, 0.4) is 0 Å². The third-order valence-electron chi connectivity index (χ3n) is 3.36. The van der Waals surface area contributed by atoms with Gasteiger partial charge in [0.1, 0.15) is 5.75 Å². The lowest BCUT2D eigenvalue weighted by Crippen LogP contribution is -2.37. The van der Waals surface area contributed by atoms with Gasteiger partial charge in [-0.05, 0) is 36.5 Å². The molecule has 1 saturated carbocycles. The Bertz CT molecular complexity index is 413. The second-order valence-corrected chi connectivity index (χ2v) is 4.73. The van der Waals surface area contributed by atoms with Gasteiger partial charge >= 0.3 is 0 Å². The fourth-order valence-electron chi connectivity index (χ4n) is 1.95. The minimum atomic E-state index is 0.532. The van der Waals surface area contributed by atoms with Crippen molar-refractivity contribution < 1.29 is 4.74 Å². The fourth-order valence-corrected chi connectivity index (χ4v) is 1.95. The van der Waals surface area contributed by atoms with Crippen LogP contribution < -0.4 is 15.8 Å². The van der Waals surface area contributed by atoms with Gasteiger partial charge < -0.3 is 15.8 Å². The molecule has 0 bridgehead atoms. The third kappa shape index (κ3) is 3.65. The maximum absolute atomic E-state index is 5.83. The second-order valence-electron chi connectivity index (χ2n) is 4.73. The summed E-state index contributed by atoms with van der Waals surface area (Å²) in [6, 6.07) is 7.88. The number of benzene rings is 1. The third-order valence-corrected chi connectivity index (χ3v) is 3.36. The Balaban J connectivity index is 1.80. The summed E-state index contributed by atoms with van der Waals surface area (Å²) in [6.07, 6.45) is 3.99. The predicted molar refractivity (Wildman–Crippen MR) is 73.7 cm³/mol. The van der Waals surface area contributed by atoms with E-state index in [1.807, 2.05) is 24.3 Å². The molecule has 0 unspecified atom stereocenters. The number of aliphatic imine (C=N–C) groups is 1. The molecule has 2 rings (SSSR count). The Hall–Kier alpha value is -1.71.